The van der Waals surface area contributed by atoms with Crippen LogP contribution in [0.3, 0.4) is 0 Å². The number of hydrogen-bond donors (Lipinski definition) is 6. The Kier molecular flexibility index (Phi) is 13.4. The molecule has 1 saturated heterocycles. The van der Waals surface area contributed by atoms with E-state index in [0.29, 0.717) is 65.5 Å². The lowest BCUT2D eigenvalue weighted by Gasteiger charge is -2.23. The van der Waals surface area contributed by atoms with Crippen molar-refractivity contribution in [1.82, 2.24) is 25.3 Å². The van der Waals surface area contributed by atoms with Gasteiger partial charge in [-0.05, 0) is 96.8 Å². The van der Waals surface area contributed by atoms with Crippen LogP contribution in [0, 0.1) is 0 Å². The van der Waals surface area contributed by atoms with Gasteiger partial charge in [-0.3, -0.25) is 4.79 Å². The first-order valence-corrected chi connectivity index (χ1v) is 20.8. The number of carboxylic acids is 1. The zero-order chi connectivity index (χ0) is 43.5. The van der Waals surface area contributed by atoms with Gasteiger partial charge in [0.25, 0.3) is 5.91 Å². The Morgan fingerprint density at radius 3 is 2.17 bits per heavy atom. The summed E-state index contributed by atoms with van der Waals surface area (Å²) in [4.78, 5) is 52.5. The Balaban J connectivity index is 0.968. The molecule has 0 bridgehead atoms. The molecule has 3 amide bonds. The Bertz CT molecular complexity index is 2660. The Labute approximate surface area is 368 Å². The first-order chi connectivity index (χ1) is 30.8. The number of halogens is 1. The SMILES string of the molecule is O=C(Nc1ccc(CCOc2ccccc2-c2cnc(C(COc3ccccc3-c3cnc[nH]3)c3ccc(NC(=O)c4ccc(C(=O)O)cc4)cc3)[nH]2)c(Cl)c1)NC1CCOCC1. The highest BCUT2D eigenvalue weighted by molar-refractivity contribution is 6.31. The summed E-state index contributed by atoms with van der Waals surface area (Å²) >= 11 is 6.66. The van der Waals surface area contributed by atoms with Gasteiger partial charge in [-0.1, -0.05) is 54.1 Å². The van der Waals surface area contributed by atoms with E-state index >= 15 is 0 Å². The number of nitrogens with one attached hydrogen (secondary N) is 5. The number of carboxylic acid groups (broad SMARTS) is 1. The number of aromatic amines is 2. The molecule has 7 aromatic rings. The number of anilines is 2. The third-order valence-electron chi connectivity index (χ3n) is 10.6. The Hall–Kier alpha value is -7.42. The van der Waals surface area contributed by atoms with Crippen LogP contribution < -0.4 is 25.4 Å². The van der Waals surface area contributed by atoms with Crippen molar-refractivity contribution in [2.24, 2.45) is 0 Å². The van der Waals surface area contributed by atoms with Gasteiger partial charge >= 0.3 is 12.0 Å². The largest absolute Gasteiger partial charge is 0.493 e. The summed E-state index contributed by atoms with van der Waals surface area (Å²) in [5, 5.41) is 18.5. The molecule has 3 heterocycles. The molecule has 1 unspecified atom stereocenters. The van der Waals surface area contributed by atoms with Gasteiger partial charge in [0.1, 0.15) is 23.9 Å². The molecule has 2 aromatic heterocycles. The first-order valence-electron chi connectivity index (χ1n) is 20.4. The highest BCUT2D eigenvalue weighted by Crippen LogP contribution is 2.34. The maximum atomic E-state index is 13.0. The molecule has 0 aliphatic carbocycles. The second-order valence-corrected chi connectivity index (χ2v) is 15.3. The number of amides is 3. The van der Waals surface area contributed by atoms with Gasteiger partial charge in [-0.15, -0.1) is 0 Å². The summed E-state index contributed by atoms with van der Waals surface area (Å²) in [5.74, 6) is 0.167. The van der Waals surface area contributed by atoms with Gasteiger partial charge in [0.15, 0.2) is 0 Å². The second-order valence-electron chi connectivity index (χ2n) is 14.9. The molecule has 0 spiro atoms. The topological polar surface area (TPSA) is 193 Å². The molecule has 63 heavy (non-hydrogen) atoms. The number of ether oxygens (including phenoxy) is 3. The van der Waals surface area contributed by atoms with Crippen LogP contribution in [0.2, 0.25) is 5.02 Å². The molecule has 8 rings (SSSR count). The van der Waals surface area contributed by atoms with Crippen LogP contribution in [0.25, 0.3) is 22.5 Å². The van der Waals surface area contributed by atoms with E-state index in [1.165, 1.54) is 24.3 Å². The Morgan fingerprint density at radius 2 is 1.48 bits per heavy atom. The van der Waals surface area contributed by atoms with E-state index in [9.17, 15) is 19.5 Å². The fourth-order valence-electron chi connectivity index (χ4n) is 7.25. The van der Waals surface area contributed by atoms with Crippen LogP contribution in [-0.2, 0) is 11.2 Å². The number of aromatic carboxylic acids is 1. The number of hydrogen-bond acceptors (Lipinski definition) is 8. The monoisotopic (exact) mass is 865 g/mol. The van der Waals surface area contributed by atoms with Gasteiger partial charge in [-0.25, -0.2) is 19.6 Å². The van der Waals surface area contributed by atoms with Crippen LogP contribution in [0.1, 0.15) is 56.4 Å². The van der Waals surface area contributed by atoms with Crippen LogP contribution in [0.4, 0.5) is 16.2 Å². The summed E-state index contributed by atoms with van der Waals surface area (Å²) < 4.78 is 18.2. The number of aromatic nitrogens is 4. The molecular weight excluding hydrogens is 822 g/mol. The number of para-hydroxylation sites is 2. The van der Waals surface area contributed by atoms with Gasteiger partial charge < -0.3 is 45.2 Å². The number of rotatable bonds is 16. The first kappa shape index (κ1) is 42.3. The number of imidazole rings is 2. The molecule has 1 fully saturated rings. The van der Waals surface area contributed by atoms with Crippen molar-refractivity contribution in [3.05, 3.63) is 167 Å². The summed E-state index contributed by atoms with van der Waals surface area (Å²) in [6, 6.07) is 33.9. The summed E-state index contributed by atoms with van der Waals surface area (Å²) in [6.45, 7) is 1.84. The summed E-state index contributed by atoms with van der Waals surface area (Å²) in [7, 11) is 0. The van der Waals surface area contributed by atoms with E-state index in [1.54, 1.807) is 36.9 Å². The average Bonchev–Trinajstić information content (AvgIpc) is 4.03. The van der Waals surface area contributed by atoms with Crippen LogP contribution >= 0.6 is 11.6 Å². The second kappa shape index (κ2) is 20.0. The quantitative estimate of drug-likeness (QED) is 0.0550. The van der Waals surface area contributed by atoms with Crippen molar-refractivity contribution < 1.29 is 33.7 Å². The summed E-state index contributed by atoms with van der Waals surface area (Å²) in [6.07, 6.45) is 7.23. The molecule has 0 saturated carbocycles. The standard InChI is InChI=1S/C48H44ClN7O7/c49-40-25-36(55-48(60)54-35-20-22-61-23-21-35)18-15-31(40)19-24-62-43-7-3-2-6-38(43)42-27-51-45(56-42)39(28-63-44-8-4-1-5-37(44)41-26-50-29-52-41)30-13-16-34(17-14-30)53-46(57)32-9-11-33(12-10-32)47(58)59/h1-18,25-27,29,35,39H,19-24,28H2,(H,50,52)(H,51,56)(H,53,57)(H,58,59)(H2,54,55,60). The summed E-state index contributed by atoms with van der Waals surface area (Å²) in [5.41, 5.74) is 6.58. The van der Waals surface area contributed by atoms with Gasteiger partial charge in [-0.2, -0.15) is 0 Å². The zero-order valence-corrected chi connectivity index (χ0v) is 34.7. The van der Waals surface area contributed by atoms with Gasteiger partial charge in [0.2, 0.25) is 0 Å². The number of carbonyl (C=O) groups is 3. The van der Waals surface area contributed by atoms with E-state index in [2.05, 4.69) is 30.9 Å². The highest BCUT2D eigenvalue weighted by atomic mass is 35.5. The predicted molar refractivity (Wildman–Crippen MR) is 240 cm³/mol. The van der Waals surface area contributed by atoms with E-state index in [1.807, 2.05) is 72.8 Å². The van der Waals surface area contributed by atoms with E-state index in [0.717, 1.165) is 46.5 Å². The Morgan fingerprint density at radius 1 is 0.794 bits per heavy atom. The van der Waals surface area contributed by atoms with Gasteiger partial charge in [0, 0.05) is 58.8 Å². The lowest BCUT2D eigenvalue weighted by atomic mass is 9.98. The lowest BCUT2D eigenvalue weighted by molar-refractivity contribution is 0.0696. The minimum atomic E-state index is -1.06. The zero-order valence-electron chi connectivity index (χ0n) is 34.0. The molecule has 14 nitrogen and oxygen atoms in total. The highest BCUT2D eigenvalue weighted by Gasteiger charge is 2.22. The number of urea groups is 1. The van der Waals surface area contributed by atoms with Crippen LogP contribution in [0.5, 0.6) is 11.5 Å². The molecule has 1 aliphatic heterocycles. The van der Waals surface area contributed by atoms with Crippen molar-refractivity contribution in [3.63, 3.8) is 0 Å². The van der Waals surface area contributed by atoms with Gasteiger partial charge in [0.05, 0.1) is 48.2 Å². The molecule has 1 aliphatic rings. The maximum Gasteiger partial charge on any atom is 0.335 e. The normalized spacial score (nSPS) is 13.2. The van der Waals surface area contributed by atoms with Crippen molar-refractivity contribution in [1.29, 1.82) is 0 Å². The number of H-pyrrole nitrogens is 2. The molecule has 6 N–H and O–H groups in total. The lowest BCUT2D eigenvalue weighted by Crippen LogP contribution is -2.41. The molecular formula is C48H44ClN7O7. The number of benzene rings is 5. The molecule has 1 atom stereocenters. The molecule has 320 valence electrons. The van der Waals surface area contributed by atoms with E-state index in [4.69, 9.17) is 30.8 Å². The average molecular weight is 866 g/mol. The smallest absolute Gasteiger partial charge is 0.335 e. The fourth-order valence-corrected chi connectivity index (χ4v) is 7.52. The van der Waals surface area contributed by atoms with Crippen LogP contribution in [0.15, 0.2) is 134 Å². The van der Waals surface area contributed by atoms with Crippen molar-refractivity contribution in [2.45, 2.75) is 31.2 Å². The molecule has 0 radical (unpaired) electrons. The maximum absolute atomic E-state index is 13.0. The van der Waals surface area contributed by atoms with Crippen molar-refractivity contribution in [2.75, 3.05) is 37.1 Å². The number of nitrogens with zero attached hydrogens (tertiary/aromatic N) is 2. The molecule has 5 aromatic carbocycles. The third kappa shape index (κ3) is 10.7. The minimum Gasteiger partial charge on any atom is -0.493 e. The van der Waals surface area contributed by atoms with Crippen LogP contribution in [-0.4, -0.2) is 75.4 Å². The van der Waals surface area contributed by atoms with E-state index in [-0.39, 0.29) is 36.1 Å². The third-order valence-corrected chi connectivity index (χ3v) is 11.0. The number of carbonyl (C=O) groups excluding carboxylic acids is 2. The predicted octanol–water partition coefficient (Wildman–Crippen LogP) is 9.20. The molecule has 15 heteroatoms. The van der Waals surface area contributed by atoms with E-state index < -0.39 is 5.97 Å². The fraction of sp³-hybridized carbons (Fsp3) is 0.188. The van der Waals surface area contributed by atoms with Crippen molar-refractivity contribution >= 4 is 40.9 Å². The minimum absolute atomic E-state index is 0.0837. The van der Waals surface area contributed by atoms with Crippen molar-refractivity contribution in [3.8, 4) is 34.0 Å².